The maximum absolute atomic E-state index is 12.4. The topological polar surface area (TPSA) is 47.6 Å². The number of hydrogen-bond donors (Lipinski definition) is 2. The number of benzene rings is 1. The summed E-state index contributed by atoms with van der Waals surface area (Å²) in [4.78, 5) is 16.8. The normalized spacial score (nSPS) is 20.5. The third kappa shape index (κ3) is 3.81. The van der Waals surface area contributed by atoms with Crippen molar-refractivity contribution in [2.75, 3.05) is 52.4 Å². The third-order valence-electron chi connectivity index (χ3n) is 4.22. The number of amides is 1. The monoisotopic (exact) mass is 288 g/mol. The van der Waals surface area contributed by atoms with Crippen LogP contribution < -0.4 is 10.6 Å². The first-order chi connectivity index (χ1) is 10.3. The quantitative estimate of drug-likeness (QED) is 0.830. The fourth-order valence-electron chi connectivity index (χ4n) is 2.93. The summed E-state index contributed by atoms with van der Waals surface area (Å²) in [6.45, 7) is 8.72. The Balaban J connectivity index is 1.59. The van der Waals surface area contributed by atoms with Crippen LogP contribution in [0.1, 0.15) is 15.9 Å². The van der Waals surface area contributed by atoms with Crippen LogP contribution in [0.25, 0.3) is 0 Å². The summed E-state index contributed by atoms with van der Waals surface area (Å²) < 4.78 is 0. The summed E-state index contributed by atoms with van der Waals surface area (Å²) in [6, 6.07) is 8.14. The van der Waals surface area contributed by atoms with E-state index < -0.39 is 0 Å². The minimum atomic E-state index is 0.158. The van der Waals surface area contributed by atoms with E-state index in [1.807, 2.05) is 17.0 Å². The zero-order valence-corrected chi connectivity index (χ0v) is 12.5. The molecule has 0 aromatic heterocycles. The van der Waals surface area contributed by atoms with E-state index in [-0.39, 0.29) is 5.91 Å². The molecule has 0 bridgehead atoms. The first-order valence-electron chi connectivity index (χ1n) is 7.85. The highest BCUT2D eigenvalue weighted by molar-refractivity contribution is 5.94. The molecule has 0 unspecified atom stereocenters. The Morgan fingerprint density at radius 2 is 1.48 bits per heavy atom. The second kappa shape index (κ2) is 7.02. The first kappa shape index (κ1) is 14.5. The van der Waals surface area contributed by atoms with Gasteiger partial charge in [-0.15, -0.1) is 0 Å². The standard InChI is InChI=1S/C16H24N4O/c21-16(20-11-7-18-8-12-20)15-3-1-14(2-4-15)13-19-9-5-17-6-10-19/h1-4,17-18H,5-13H2. The molecule has 2 fully saturated rings. The largest absolute Gasteiger partial charge is 0.336 e. The highest BCUT2D eigenvalue weighted by Gasteiger charge is 2.17. The summed E-state index contributed by atoms with van der Waals surface area (Å²) in [5, 5.41) is 6.64. The van der Waals surface area contributed by atoms with Gasteiger partial charge in [0.2, 0.25) is 0 Å². The van der Waals surface area contributed by atoms with Crippen molar-refractivity contribution in [2.45, 2.75) is 6.54 Å². The van der Waals surface area contributed by atoms with Crippen LogP contribution in [0.15, 0.2) is 24.3 Å². The van der Waals surface area contributed by atoms with Crippen molar-refractivity contribution in [2.24, 2.45) is 0 Å². The molecular weight excluding hydrogens is 264 g/mol. The SMILES string of the molecule is O=C(c1ccc(CN2CCNCC2)cc1)N1CCNCC1. The minimum Gasteiger partial charge on any atom is -0.336 e. The zero-order chi connectivity index (χ0) is 14.5. The van der Waals surface area contributed by atoms with Crippen molar-refractivity contribution in [1.82, 2.24) is 20.4 Å². The smallest absolute Gasteiger partial charge is 0.253 e. The van der Waals surface area contributed by atoms with Gasteiger partial charge < -0.3 is 15.5 Å². The Morgan fingerprint density at radius 1 is 0.905 bits per heavy atom. The molecule has 5 heteroatoms. The van der Waals surface area contributed by atoms with E-state index in [1.54, 1.807) is 0 Å². The van der Waals surface area contributed by atoms with Gasteiger partial charge >= 0.3 is 0 Å². The van der Waals surface area contributed by atoms with Gasteiger partial charge in [0.15, 0.2) is 0 Å². The lowest BCUT2D eigenvalue weighted by Crippen LogP contribution is -2.46. The van der Waals surface area contributed by atoms with Gasteiger partial charge in [0.05, 0.1) is 0 Å². The number of nitrogens with zero attached hydrogens (tertiary/aromatic N) is 2. The number of carbonyl (C=O) groups is 1. The Bertz CT molecular complexity index is 462. The van der Waals surface area contributed by atoms with E-state index in [2.05, 4.69) is 27.7 Å². The highest BCUT2D eigenvalue weighted by atomic mass is 16.2. The molecule has 5 nitrogen and oxygen atoms in total. The van der Waals surface area contributed by atoms with E-state index in [0.717, 1.165) is 64.5 Å². The van der Waals surface area contributed by atoms with E-state index in [1.165, 1.54) is 5.56 Å². The van der Waals surface area contributed by atoms with Crippen LogP contribution in [-0.2, 0) is 6.54 Å². The van der Waals surface area contributed by atoms with Gasteiger partial charge in [-0.3, -0.25) is 9.69 Å². The Kier molecular flexibility index (Phi) is 4.85. The summed E-state index contributed by atoms with van der Waals surface area (Å²) in [6.07, 6.45) is 0. The fraction of sp³-hybridized carbons (Fsp3) is 0.562. The molecule has 2 N–H and O–H groups in total. The molecule has 0 saturated carbocycles. The molecule has 0 atom stereocenters. The third-order valence-corrected chi connectivity index (χ3v) is 4.22. The predicted octanol–water partition coefficient (Wildman–Crippen LogP) is 0.137. The fourth-order valence-corrected chi connectivity index (χ4v) is 2.93. The average Bonchev–Trinajstić information content (AvgIpc) is 2.57. The molecule has 2 heterocycles. The lowest BCUT2D eigenvalue weighted by atomic mass is 10.1. The minimum absolute atomic E-state index is 0.158. The van der Waals surface area contributed by atoms with Gasteiger partial charge in [-0.2, -0.15) is 0 Å². The molecule has 2 saturated heterocycles. The molecular formula is C16H24N4O. The molecule has 114 valence electrons. The van der Waals surface area contributed by atoms with Crippen LogP contribution in [0.2, 0.25) is 0 Å². The predicted molar refractivity (Wildman–Crippen MR) is 83.4 cm³/mol. The van der Waals surface area contributed by atoms with Crippen molar-refractivity contribution in [3.63, 3.8) is 0 Å². The molecule has 0 spiro atoms. The van der Waals surface area contributed by atoms with Crippen LogP contribution in [-0.4, -0.2) is 68.1 Å². The summed E-state index contributed by atoms with van der Waals surface area (Å²) in [5.41, 5.74) is 2.09. The number of rotatable bonds is 3. The molecule has 21 heavy (non-hydrogen) atoms. The Morgan fingerprint density at radius 3 is 2.10 bits per heavy atom. The van der Waals surface area contributed by atoms with Crippen LogP contribution in [0.4, 0.5) is 0 Å². The number of nitrogens with one attached hydrogen (secondary N) is 2. The summed E-state index contributed by atoms with van der Waals surface area (Å²) in [5.74, 6) is 0.158. The summed E-state index contributed by atoms with van der Waals surface area (Å²) >= 11 is 0. The van der Waals surface area contributed by atoms with E-state index in [4.69, 9.17) is 0 Å². The van der Waals surface area contributed by atoms with Gasteiger partial charge in [-0.1, -0.05) is 12.1 Å². The Labute approximate surface area is 126 Å². The van der Waals surface area contributed by atoms with Gasteiger partial charge in [0, 0.05) is 64.5 Å². The zero-order valence-electron chi connectivity index (χ0n) is 12.5. The maximum Gasteiger partial charge on any atom is 0.253 e. The highest BCUT2D eigenvalue weighted by Crippen LogP contribution is 2.11. The van der Waals surface area contributed by atoms with Crippen molar-refractivity contribution in [3.8, 4) is 0 Å². The van der Waals surface area contributed by atoms with E-state index in [0.29, 0.717) is 0 Å². The lowest BCUT2D eigenvalue weighted by Gasteiger charge is -2.28. The van der Waals surface area contributed by atoms with Crippen LogP contribution in [0.3, 0.4) is 0 Å². The van der Waals surface area contributed by atoms with Gasteiger partial charge in [-0.05, 0) is 17.7 Å². The first-order valence-corrected chi connectivity index (χ1v) is 7.85. The molecule has 2 aliphatic rings. The number of piperazine rings is 2. The van der Waals surface area contributed by atoms with Gasteiger partial charge in [0.25, 0.3) is 5.91 Å². The molecule has 0 radical (unpaired) electrons. The summed E-state index contributed by atoms with van der Waals surface area (Å²) in [7, 11) is 0. The molecule has 1 aromatic rings. The van der Waals surface area contributed by atoms with Gasteiger partial charge in [0.1, 0.15) is 0 Å². The molecule has 1 amide bonds. The van der Waals surface area contributed by atoms with Gasteiger partial charge in [-0.25, -0.2) is 0 Å². The van der Waals surface area contributed by atoms with Crippen LogP contribution >= 0.6 is 0 Å². The number of carbonyl (C=O) groups excluding carboxylic acids is 1. The molecule has 0 aliphatic carbocycles. The Hall–Kier alpha value is -1.43. The molecule has 2 aliphatic heterocycles. The van der Waals surface area contributed by atoms with Crippen LogP contribution in [0.5, 0.6) is 0 Å². The van der Waals surface area contributed by atoms with Crippen LogP contribution in [0, 0.1) is 0 Å². The number of hydrogen-bond acceptors (Lipinski definition) is 4. The van der Waals surface area contributed by atoms with E-state index >= 15 is 0 Å². The van der Waals surface area contributed by atoms with E-state index in [9.17, 15) is 4.79 Å². The van der Waals surface area contributed by atoms with Crippen molar-refractivity contribution < 1.29 is 4.79 Å². The van der Waals surface area contributed by atoms with Crippen molar-refractivity contribution in [3.05, 3.63) is 35.4 Å². The van der Waals surface area contributed by atoms with Crippen molar-refractivity contribution >= 4 is 5.91 Å². The second-order valence-electron chi connectivity index (χ2n) is 5.77. The van der Waals surface area contributed by atoms with Crippen molar-refractivity contribution in [1.29, 1.82) is 0 Å². The maximum atomic E-state index is 12.4. The lowest BCUT2D eigenvalue weighted by molar-refractivity contribution is 0.0736. The molecule has 3 rings (SSSR count). The average molecular weight is 288 g/mol. The molecule has 1 aromatic carbocycles. The second-order valence-corrected chi connectivity index (χ2v) is 5.77.